The maximum absolute atomic E-state index is 6.03. The second kappa shape index (κ2) is 8.24. The molecule has 4 aromatic rings. The van der Waals surface area contributed by atoms with Gasteiger partial charge in [-0.3, -0.25) is 0 Å². The number of methoxy groups -OCH3 is 2. The number of ether oxygens (including phenoxy) is 3. The second-order valence-electron chi connectivity index (χ2n) is 6.16. The van der Waals surface area contributed by atoms with Gasteiger partial charge in [-0.05, 0) is 36.4 Å². The SMILES string of the molecule is COc1cc2ncnc(Nc3cccc(Oc4cccc(Cl)c4)c3)c2cc1OC. The number of rotatable bonds is 6. The van der Waals surface area contributed by atoms with Crippen LogP contribution in [0, 0.1) is 0 Å². The van der Waals surface area contributed by atoms with E-state index < -0.39 is 0 Å². The summed E-state index contributed by atoms with van der Waals surface area (Å²) in [6.45, 7) is 0. The summed E-state index contributed by atoms with van der Waals surface area (Å²) in [5.74, 6) is 3.21. The van der Waals surface area contributed by atoms with Crippen molar-refractivity contribution in [1.82, 2.24) is 9.97 Å². The van der Waals surface area contributed by atoms with Crippen molar-refractivity contribution in [2.45, 2.75) is 0 Å². The third-order valence-electron chi connectivity index (χ3n) is 4.27. The molecule has 1 heterocycles. The minimum absolute atomic E-state index is 0.607. The minimum Gasteiger partial charge on any atom is -0.493 e. The Bertz CT molecular complexity index is 1170. The van der Waals surface area contributed by atoms with Gasteiger partial charge in [0.1, 0.15) is 23.6 Å². The fraction of sp³-hybridized carbons (Fsp3) is 0.0909. The quantitative estimate of drug-likeness (QED) is 0.433. The molecule has 0 spiro atoms. The third-order valence-corrected chi connectivity index (χ3v) is 4.50. The van der Waals surface area contributed by atoms with Crippen molar-refractivity contribution >= 4 is 34.0 Å². The number of anilines is 2. The van der Waals surface area contributed by atoms with Gasteiger partial charge < -0.3 is 19.5 Å². The Kier molecular flexibility index (Phi) is 5.35. The van der Waals surface area contributed by atoms with E-state index in [1.165, 1.54) is 6.33 Å². The standard InChI is InChI=1S/C22H18ClN3O3/c1-27-20-11-18-19(12-21(20)28-2)24-13-25-22(18)26-15-6-4-8-17(10-15)29-16-7-3-5-14(23)9-16/h3-13H,1-2H3,(H,24,25,26). The summed E-state index contributed by atoms with van der Waals surface area (Å²) < 4.78 is 16.7. The Morgan fingerprint density at radius 1 is 0.828 bits per heavy atom. The first-order valence-corrected chi connectivity index (χ1v) is 9.21. The first-order chi connectivity index (χ1) is 14.2. The first-order valence-electron chi connectivity index (χ1n) is 8.83. The van der Waals surface area contributed by atoms with Crippen LogP contribution in [0.15, 0.2) is 67.0 Å². The van der Waals surface area contributed by atoms with E-state index in [2.05, 4.69) is 15.3 Å². The molecule has 7 heteroatoms. The molecule has 0 amide bonds. The molecule has 0 aliphatic carbocycles. The van der Waals surface area contributed by atoms with Crippen LogP contribution in [0.3, 0.4) is 0 Å². The number of nitrogens with one attached hydrogen (secondary N) is 1. The van der Waals surface area contributed by atoms with E-state index in [1.54, 1.807) is 26.4 Å². The molecule has 4 rings (SSSR count). The monoisotopic (exact) mass is 407 g/mol. The van der Waals surface area contributed by atoms with Gasteiger partial charge in [-0.1, -0.05) is 23.7 Å². The van der Waals surface area contributed by atoms with Crippen LogP contribution in [-0.2, 0) is 0 Å². The number of hydrogen-bond donors (Lipinski definition) is 1. The summed E-state index contributed by atoms with van der Waals surface area (Å²) in [5.41, 5.74) is 1.56. The van der Waals surface area contributed by atoms with Crippen molar-refractivity contribution in [3.63, 3.8) is 0 Å². The fourth-order valence-corrected chi connectivity index (χ4v) is 3.10. The summed E-state index contributed by atoms with van der Waals surface area (Å²) in [7, 11) is 3.19. The van der Waals surface area contributed by atoms with Gasteiger partial charge in [0.25, 0.3) is 0 Å². The van der Waals surface area contributed by atoms with E-state index in [1.807, 2.05) is 48.5 Å². The lowest BCUT2D eigenvalue weighted by atomic mass is 10.2. The first kappa shape index (κ1) is 18.8. The molecule has 29 heavy (non-hydrogen) atoms. The Labute approximate surface area is 173 Å². The molecule has 1 N–H and O–H groups in total. The Balaban J connectivity index is 1.65. The molecule has 0 atom stereocenters. The number of benzene rings is 3. The van der Waals surface area contributed by atoms with E-state index in [0.29, 0.717) is 33.8 Å². The van der Waals surface area contributed by atoms with Crippen LogP contribution < -0.4 is 19.5 Å². The van der Waals surface area contributed by atoms with Gasteiger partial charge in [0.15, 0.2) is 11.5 Å². The van der Waals surface area contributed by atoms with Gasteiger partial charge in [0.05, 0.1) is 19.7 Å². The van der Waals surface area contributed by atoms with Crippen molar-refractivity contribution in [2.24, 2.45) is 0 Å². The lowest BCUT2D eigenvalue weighted by Crippen LogP contribution is -1.98. The lowest BCUT2D eigenvalue weighted by Gasteiger charge is -2.13. The molecule has 0 unspecified atom stereocenters. The van der Waals surface area contributed by atoms with Crippen molar-refractivity contribution < 1.29 is 14.2 Å². The van der Waals surface area contributed by atoms with Gasteiger partial charge in [-0.15, -0.1) is 0 Å². The van der Waals surface area contributed by atoms with Gasteiger partial charge in [-0.2, -0.15) is 0 Å². The third kappa shape index (κ3) is 4.17. The molecule has 0 bridgehead atoms. The molecule has 0 aliphatic rings. The Hall–Kier alpha value is -3.51. The van der Waals surface area contributed by atoms with Crippen molar-refractivity contribution in [3.8, 4) is 23.0 Å². The minimum atomic E-state index is 0.607. The number of aromatic nitrogens is 2. The Morgan fingerprint density at radius 2 is 1.55 bits per heavy atom. The van der Waals surface area contributed by atoms with Crippen molar-refractivity contribution in [1.29, 1.82) is 0 Å². The highest BCUT2D eigenvalue weighted by atomic mass is 35.5. The molecule has 146 valence electrons. The van der Waals surface area contributed by atoms with E-state index in [9.17, 15) is 0 Å². The van der Waals surface area contributed by atoms with Crippen LogP contribution in [0.5, 0.6) is 23.0 Å². The summed E-state index contributed by atoms with van der Waals surface area (Å²) in [6.07, 6.45) is 1.50. The maximum atomic E-state index is 6.03. The highest BCUT2D eigenvalue weighted by Gasteiger charge is 2.11. The van der Waals surface area contributed by atoms with Crippen LogP contribution >= 0.6 is 11.6 Å². The van der Waals surface area contributed by atoms with Crippen LogP contribution in [0.2, 0.25) is 5.02 Å². The van der Waals surface area contributed by atoms with Crippen molar-refractivity contribution in [3.05, 3.63) is 72.0 Å². The predicted molar refractivity (Wildman–Crippen MR) is 114 cm³/mol. The molecule has 0 saturated carbocycles. The molecule has 0 radical (unpaired) electrons. The zero-order valence-corrected chi connectivity index (χ0v) is 16.6. The molecule has 1 aromatic heterocycles. The molecule has 0 aliphatic heterocycles. The largest absolute Gasteiger partial charge is 0.493 e. The summed E-state index contributed by atoms with van der Waals surface area (Å²) >= 11 is 6.03. The van der Waals surface area contributed by atoms with Crippen LogP contribution in [0.25, 0.3) is 10.9 Å². The summed E-state index contributed by atoms with van der Waals surface area (Å²) in [4.78, 5) is 8.71. The summed E-state index contributed by atoms with van der Waals surface area (Å²) in [5, 5.41) is 4.75. The fourth-order valence-electron chi connectivity index (χ4n) is 2.92. The highest BCUT2D eigenvalue weighted by molar-refractivity contribution is 6.30. The summed E-state index contributed by atoms with van der Waals surface area (Å²) in [6, 6.07) is 18.5. The van der Waals surface area contributed by atoms with E-state index in [-0.39, 0.29) is 0 Å². The van der Waals surface area contributed by atoms with Crippen LogP contribution in [0.1, 0.15) is 0 Å². The normalized spacial score (nSPS) is 10.6. The average Bonchev–Trinajstić information content (AvgIpc) is 2.73. The van der Waals surface area contributed by atoms with E-state index in [4.69, 9.17) is 25.8 Å². The topological polar surface area (TPSA) is 65.5 Å². The molecule has 3 aromatic carbocycles. The smallest absolute Gasteiger partial charge is 0.162 e. The predicted octanol–water partition coefficient (Wildman–Crippen LogP) is 5.84. The van der Waals surface area contributed by atoms with Crippen LogP contribution in [-0.4, -0.2) is 24.2 Å². The zero-order chi connectivity index (χ0) is 20.2. The van der Waals surface area contributed by atoms with Crippen LogP contribution in [0.4, 0.5) is 11.5 Å². The van der Waals surface area contributed by atoms with Gasteiger partial charge in [-0.25, -0.2) is 9.97 Å². The van der Waals surface area contributed by atoms with Gasteiger partial charge >= 0.3 is 0 Å². The molecule has 0 saturated heterocycles. The number of fused-ring (bicyclic) bond motifs is 1. The molecular formula is C22H18ClN3O3. The highest BCUT2D eigenvalue weighted by Crippen LogP contribution is 2.35. The molecule has 6 nitrogen and oxygen atoms in total. The lowest BCUT2D eigenvalue weighted by molar-refractivity contribution is 0.356. The van der Waals surface area contributed by atoms with E-state index >= 15 is 0 Å². The molecule has 0 fully saturated rings. The number of hydrogen-bond acceptors (Lipinski definition) is 6. The maximum Gasteiger partial charge on any atom is 0.162 e. The van der Waals surface area contributed by atoms with Gasteiger partial charge in [0, 0.05) is 28.2 Å². The number of halogens is 1. The Morgan fingerprint density at radius 3 is 2.31 bits per heavy atom. The second-order valence-corrected chi connectivity index (χ2v) is 6.60. The van der Waals surface area contributed by atoms with Crippen molar-refractivity contribution in [2.75, 3.05) is 19.5 Å². The average molecular weight is 408 g/mol. The molecular weight excluding hydrogens is 390 g/mol. The van der Waals surface area contributed by atoms with Gasteiger partial charge in [0.2, 0.25) is 0 Å². The number of nitrogens with zero attached hydrogens (tertiary/aromatic N) is 2. The van der Waals surface area contributed by atoms with E-state index in [0.717, 1.165) is 16.6 Å². The zero-order valence-electron chi connectivity index (χ0n) is 15.8.